The summed E-state index contributed by atoms with van der Waals surface area (Å²) in [6, 6.07) is 12.9. The van der Waals surface area contributed by atoms with Crippen molar-refractivity contribution in [3.63, 3.8) is 0 Å². The molecule has 0 radical (unpaired) electrons. The molecule has 1 heterocycles. The van der Waals surface area contributed by atoms with Crippen LogP contribution in [0.4, 0.5) is 5.69 Å². The number of aromatic nitrogens is 1. The third-order valence-electron chi connectivity index (χ3n) is 3.25. The highest BCUT2D eigenvalue weighted by molar-refractivity contribution is 6.31. The largest absolute Gasteiger partial charge is 0.436 e. The summed E-state index contributed by atoms with van der Waals surface area (Å²) in [5, 5.41) is 3.67. The van der Waals surface area contributed by atoms with Crippen LogP contribution in [0.15, 0.2) is 53.1 Å². The number of hydrogen-bond donors (Lipinski definition) is 1. The first-order valence-electron chi connectivity index (χ1n) is 6.71. The van der Waals surface area contributed by atoms with Crippen molar-refractivity contribution >= 4 is 40.2 Å². The number of hydrogen-bond acceptors (Lipinski definition) is 4. The predicted molar refractivity (Wildman–Crippen MR) is 87.9 cm³/mol. The number of aldehydes is 1. The van der Waals surface area contributed by atoms with Crippen molar-refractivity contribution in [2.75, 3.05) is 5.32 Å². The monoisotopic (exact) mass is 312 g/mol. The van der Waals surface area contributed by atoms with Crippen molar-refractivity contribution in [1.82, 2.24) is 4.98 Å². The summed E-state index contributed by atoms with van der Waals surface area (Å²) in [6.07, 6.45) is 2.29. The second-order valence-electron chi connectivity index (χ2n) is 4.81. The Kier molecular flexibility index (Phi) is 3.94. The predicted octanol–water partition coefficient (Wildman–Crippen LogP) is 4.44. The van der Waals surface area contributed by atoms with Gasteiger partial charge in [-0.3, -0.25) is 4.79 Å². The van der Waals surface area contributed by atoms with Gasteiger partial charge < -0.3 is 9.73 Å². The van der Waals surface area contributed by atoms with E-state index in [1.165, 1.54) is 0 Å². The van der Waals surface area contributed by atoms with E-state index in [2.05, 4.69) is 10.3 Å². The average Bonchev–Trinajstić information content (AvgIpc) is 2.92. The lowest BCUT2D eigenvalue weighted by atomic mass is 10.2. The van der Waals surface area contributed by atoms with Crippen molar-refractivity contribution in [3.8, 4) is 0 Å². The molecule has 2 aromatic carbocycles. The fourth-order valence-corrected chi connectivity index (χ4v) is 2.23. The summed E-state index contributed by atoms with van der Waals surface area (Å²) >= 11 is 5.92. The molecule has 22 heavy (non-hydrogen) atoms. The molecule has 0 saturated heterocycles. The van der Waals surface area contributed by atoms with Crippen LogP contribution in [-0.4, -0.2) is 11.3 Å². The molecule has 1 N–H and O–H groups in total. The number of nitrogens with one attached hydrogen (secondary N) is 1. The van der Waals surface area contributed by atoms with Gasteiger partial charge in [0.05, 0.1) is 5.57 Å². The van der Waals surface area contributed by atoms with Gasteiger partial charge in [-0.05, 0) is 36.8 Å². The van der Waals surface area contributed by atoms with Gasteiger partial charge in [0.1, 0.15) is 5.52 Å². The number of halogens is 1. The number of rotatable bonds is 4. The van der Waals surface area contributed by atoms with E-state index < -0.39 is 0 Å². The third kappa shape index (κ3) is 2.87. The molecular formula is C17H13ClN2O2. The molecule has 0 aliphatic rings. The zero-order valence-electron chi connectivity index (χ0n) is 11.8. The van der Waals surface area contributed by atoms with Crippen molar-refractivity contribution in [2.45, 2.75) is 6.92 Å². The maximum absolute atomic E-state index is 11.3. The first kappa shape index (κ1) is 14.4. The van der Waals surface area contributed by atoms with E-state index in [9.17, 15) is 4.79 Å². The summed E-state index contributed by atoms with van der Waals surface area (Å²) in [5.41, 5.74) is 3.53. The summed E-state index contributed by atoms with van der Waals surface area (Å²) < 4.78 is 5.59. The number of aryl methyl sites for hydroxylation is 1. The second kappa shape index (κ2) is 6.03. The van der Waals surface area contributed by atoms with Crippen LogP contribution in [0, 0.1) is 6.92 Å². The fraction of sp³-hybridized carbons (Fsp3) is 0.0588. The topological polar surface area (TPSA) is 55.1 Å². The highest BCUT2D eigenvalue weighted by Gasteiger charge is 2.10. The highest BCUT2D eigenvalue weighted by atomic mass is 35.5. The van der Waals surface area contributed by atoms with E-state index in [4.69, 9.17) is 16.0 Å². The Balaban J connectivity index is 1.93. The molecule has 4 nitrogen and oxygen atoms in total. The van der Waals surface area contributed by atoms with Crippen LogP contribution in [0.25, 0.3) is 16.7 Å². The third-order valence-corrected chi connectivity index (χ3v) is 3.49. The minimum Gasteiger partial charge on any atom is -0.436 e. The Labute approximate surface area is 132 Å². The van der Waals surface area contributed by atoms with Gasteiger partial charge in [0, 0.05) is 16.9 Å². The summed E-state index contributed by atoms with van der Waals surface area (Å²) in [5.74, 6) is 0.258. The van der Waals surface area contributed by atoms with Crippen LogP contribution in [0.3, 0.4) is 0 Å². The molecule has 0 atom stereocenters. The van der Waals surface area contributed by atoms with Crippen LogP contribution in [-0.2, 0) is 4.79 Å². The van der Waals surface area contributed by atoms with Crippen LogP contribution < -0.4 is 5.32 Å². The van der Waals surface area contributed by atoms with Gasteiger partial charge in [0.2, 0.25) is 5.89 Å². The average molecular weight is 313 g/mol. The molecule has 5 heteroatoms. The number of anilines is 1. The molecule has 0 unspecified atom stereocenters. The lowest BCUT2D eigenvalue weighted by molar-refractivity contribution is -0.103. The Bertz CT molecular complexity index is 868. The lowest BCUT2D eigenvalue weighted by Crippen LogP contribution is -1.95. The van der Waals surface area contributed by atoms with Gasteiger partial charge in [0.25, 0.3) is 0 Å². The molecule has 110 valence electrons. The normalized spacial score (nSPS) is 11.6. The quantitative estimate of drug-likeness (QED) is 0.571. The van der Waals surface area contributed by atoms with E-state index in [0.717, 1.165) is 11.3 Å². The minimum absolute atomic E-state index is 0.258. The van der Waals surface area contributed by atoms with Crippen LogP contribution in [0.2, 0.25) is 5.02 Å². The number of para-hydroxylation sites is 1. The first-order chi connectivity index (χ1) is 10.7. The zero-order valence-corrected chi connectivity index (χ0v) is 12.6. The number of fused-ring (bicyclic) bond motifs is 1. The van der Waals surface area contributed by atoms with E-state index in [1.807, 2.05) is 31.2 Å². The molecule has 0 saturated carbocycles. The Morgan fingerprint density at radius 3 is 2.86 bits per heavy atom. The Morgan fingerprint density at radius 1 is 1.27 bits per heavy atom. The highest BCUT2D eigenvalue weighted by Crippen LogP contribution is 2.23. The smallest absolute Gasteiger partial charge is 0.232 e. The minimum atomic E-state index is 0.258. The molecule has 3 aromatic rings. The standard InChI is InChI=1S/C17H13ClN2O2/c1-11-4-2-3-5-14(11)19-9-12(10-21)17-20-15-8-13(18)6-7-16(15)22-17/h2-10,19H,1H3. The summed E-state index contributed by atoms with van der Waals surface area (Å²) in [4.78, 5) is 15.6. The number of carbonyl (C=O) groups excluding carboxylic acids is 1. The van der Waals surface area contributed by atoms with Crippen LogP contribution in [0.1, 0.15) is 11.5 Å². The molecule has 0 amide bonds. The number of oxazole rings is 1. The van der Waals surface area contributed by atoms with Gasteiger partial charge >= 0.3 is 0 Å². The van der Waals surface area contributed by atoms with Gasteiger partial charge in [-0.15, -0.1) is 0 Å². The molecule has 0 aliphatic heterocycles. The number of allylic oxidation sites excluding steroid dienone is 1. The Hall–Kier alpha value is -2.59. The van der Waals surface area contributed by atoms with Gasteiger partial charge in [-0.25, -0.2) is 4.98 Å². The van der Waals surface area contributed by atoms with Crippen molar-refractivity contribution in [2.24, 2.45) is 0 Å². The summed E-state index contributed by atoms with van der Waals surface area (Å²) in [7, 11) is 0. The summed E-state index contributed by atoms with van der Waals surface area (Å²) in [6.45, 7) is 1.98. The lowest BCUT2D eigenvalue weighted by Gasteiger charge is -2.04. The molecule has 0 spiro atoms. The zero-order chi connectivity index (χ0) is 15.5. The number of carbonyl (C=O) groups is 1. The maximum Gasteiger partial charge on any atom is 0.232 e. The molecule has 0 fully saturated rings. The molecule has 3 rings (SSSR count). The van der Waals surface area contributed by atoms with Crippen LogP contribution in [0.5, 0.6) is 0 Å². The van der Waals surface area contributed by atoms with E-state index in [1.54, 1.807) is 24.4 Å². The van der Waals surface area contributed by atoms with Crippen LogP contribution >= 0.6 is 11.6 Å². The maximum atomic E-state index is 11.3. The van der Waals surface area contributed by atoms with E-state index >= 15 is 0 Å². The van der Waals surface area contributed by atoms with E-state index in [0.29, 0.717) is 28.0 Å². The number of benzene rings is 2. The second-order valence-corrected chi connectivity index (χ2v) is 5.24. The van der Waals surface area contributed by atoms with Gasteiger partial charge in [-0.2, -0.15) is 0 Å². The van der Waals surface area contributed by atoms with E-state index in [-0.39, 0.29) is 5.89 Å². The molecular weight excluding hydrogens is 300 g/mol. The van der Waals surface area contributed by atoms with Gasteiger partial charge in [0.15, 0.2) is 11.9 Å². The first-order valence-corrected chi connectivity index (χ1v) is 7.09. The number of nitrogens with zero attached hydrogens (tertiary/aromatic N) is 1. The molecule has 1 aromatic heterocycles. The van der Waals surface area contributed by atoms with Gasteiger partial charge in [-0.1, -0.05) is 29.8 Å². The van der Waals surface area contributed by atoms with Crippen molar-refractivity contribution in [1.29, 1.82) is 0 Å². The van der Waals surface area contributed by atoms with Crippen molar-refractivity contribution < 1.29 is 9.21 Å². The fourth-order valence-electron chi connectivity index (χ4n) is 2.06. The molecule has 0 aliphatic carbocycles. The SMILES string of the molecule is Cc1ccccc1NC=C(C=O)c1nc2cc(Cl)ccc2o1. The van der Waals surface area contributed by atoms with Crippen molar-refractivity contribution in [3.05, 3.63) is 65.1 Å². The molecule has 0 bridgehead atoms. The Morgan fingerprint density at radius 2 is 2.09 bits per heavy atom.